The molecule has 14 heteroatoms. The molecule has 9 nitrogen and oxygen atoms in total. The van der Waals surface area contributed by atoms with Gasteiger partial charge in [-0.3, -0.25) is 9.59 Å². The Morgan fingerprint density at radius 1 is 0.902 bits per heavy atom. The van der Waals surface area contributed by atoms with Gasteiger partial charge in [0.1, 0.15) is 27.2 Å². The van der Waals surface area contributed by atoms with Crippen molar-refractivity contribution in [1.82, 2.24) is 0 Å². The maximum absolute atomic E-state index is 15.3. The summed E-state index contributed by atoms with van der Waals surface area (Å²) in [6, 6.07) is 5.11. The standard InChI is InChI=1S/C27H28Cl3F2N3O6/c1-25(2,3)40-23(38)35(24(39)41-26(4,5)6)20-11-17(31)19(10-18(20)32)34-21(36)14-9-13(7-8-16(14)28)33-22(37)15-12-27(15,29)30/h7-11,15H,12H2,1-6H3,(H,33,37)(H,34,36)/t15-/m1/s1. The van der Waals surface area contributed by atoms with Crippen molar-refractivity contribution >= 4 is 75.9 Å². The van der Waals surface area contributed by atoms with Crippen molar-refractivity contribution in [2.45, 2.75) is 63.5 Å². The molecule has 1 aliphatic carbocycles. The monoisotopic (exact) mass is 633 g/mol. The third-order valence-electron chi connectivity index (χ3n) is 5.30. The minimum atomic E-state index is -1.31. The van der Waals surface area contributed by atoms with E-state index in [4.69, 9.17) is 44.3 Å². The number of benzene rings is 2. The molecule has 2 aromatic rings. The number of imide groups is 1. The molecule has 41 heavy (non-hydrogen) atoms. The summed E-state index contributed by atoms with van der Waals surface area (Å²) < 4.78 is 39.7. The van der Waals surface area contributed by atoms with Gasteiger partial charge in [0.2, 0.25) is 5.91 Å². The van der Waals surface area contributed by atoms with Gasteiger partial charge in [-0.15, -0.1) is 23.2 Å². The van der Waals surface area contributed by atoms with E-state index >= 15 is 8.78 Å². The maximum Gasteiger partial charge on any atom is 0.424 e. The molecular weight excluding hydrogens is 607 g/mol. The number of hydrogen-bond acceptors (Lipinski definition) is 6. The SMILES string of the molecule is CC(C)(C)OC(=O)N(C(=O)OC(C)(C)C)c1cc(F)c(NC(=O)c2cc(NC(=O)[C@H]3CC3(Cl)Cl)ccc2Cl)cc1F. The van der Waals surface area contributed by atoms with Gasteiger partial charge in [-0.1, -0.05) is 11.6 Å². The Morgan fingerprint density at radius 2 is 1.44 bits per heavy atom. The number of hydrogen-bond donors (Lipinski definition) is 2. The largest absolute Gasteiger partial charge is 0.443 e. The van der Waals surface area contributed by atoms with Crippen LogP contribution in [0.15, 0.2) is 30.3 Å². The van der Waals surface area contributed by atoms with Crippen molar-refractivity contribution in [3.63, 3.8) is 0 Å². The van der Waals surface area contributed by atoms with Gasteiger partial charge in [-0.25, -0.2) is 18.4 Å². The van der Waals surface area contributed by atoms with Crippen LogP contribution in [0.5, 0.6) is 0 Å². The smallest absolute Gasteiger partial charge is 0.424 e. The summed E-state index contributed by atoms with van der Waals surface area (Å²) in [4.78, 5) is 51.1. The number of halogens is 5. The molecule has 1 saturated carbocycles. The molecule has 3 rings (SSSR count). The van der Waals surface area contributed by atoms with Gasteiger partial charge < -0.3 is 20.1 Å². The molecule has 2 aromatic carbocycles. The van der Waals surface area contributed by atoms with Gasteiger partial charge in [-0.2, -0.15) is 4.90 Å². The van der Waals surface area contributed by atoms with E-state index in [0.717, 1.165) is 0 Å². The zero-order chi connectivity index (χ0) is 31.1. The molecule has 0 spiro atoms. The van der Waals surface area contributed by atoms with Gasteiger partial charge in [0.25, 0.3) is 5.91 Å². The van der Waals surface area contributed by atoms with Crippen molar-refractivity contribution in [3.05, 3.63) is 52.6 Å². The van der Waals surface area contributed by atoms with Gasteiger partial charge >= 0.3 is 12.2 Å². The van der Waals surface area contributed by atoms with E-state index in [1.54, 1.807) is 0 Å². The maximum atomic E-state index is 15.3. The topological polar surface area (TPSA) is 114 Å². The highest BCUT2D eigenvalue weighted by Crippen LogP contribution is 2.53. The molecule has 1 atom stereocenters. The molecule has 2 N–H and O–H groups in total. The molecule has 0 heterocycles. The van der Waals surface area contributed by atoms with Crippen LogP contribution in [0, 0.1) is 17.6 Å². The van der Waals surface area contributed by atoms with Gasteiger partial charge in [-0.05, 0) is 66.2 Å². The number of nitrogens with one attached hydrogen (secondary N) is 2. The predicted molar refractivity (Wildman–Crippen MR) is 152 cm³/mol. The molecule has 1 fully saturated rings. The van der Waals surface area contributed by atoms with Crippen molar-refractivity contribution in [2.75, 3.05) is 15.5 Å². The van der Waals surface area contributed by atoms with Crippen LogP contribution < -0.4 is 15.5 Å². The predicted octanol–water partition coefficient (Wildman–Crippen LogP) is 7.68. The second-order valence-electron chi connectivity index (χ2n) is 11.2. The summed E-state index contributed by atoms with van der Waals surface area (Å²) in [6.07, 6.45) is -2.35. The lowest BCUT2D eigenvalue weighted by atomic mass is 10.1. The van der Waals surface area contributed by atoms with Crippen LogP contribution in [0.1, 0.15) is 58.3 Å². The Bertz CT molecular complexity index is 1380. The highest BCUT2D eigenvalue weighted by Gasteiger charge is 2.56. The third-order valence-corrected chi connectivity index (χ3v) is 6.46. The summed E-state index contributed by atoms with van der Waals surface area (Å²) in [5, 5.41) is 4.71. The highest BCUT2D eigenvalue weighted by molar-refractivity contribution is 6.52. The van der Waals surface area contributed by atoms with Crippen molar-refractivity contribution in [2.24, 2.45) is 5.92 Å². The Labute approximate surface area is 250 Å². The van der Waals surface area contributed by atoms with Gasteiger partial charge in [0, 0.05) is 17.8 Å². The molecule has 222 valence electrons. The van der Waals surface area contributed by atoms with Crippen LogP contribution in [0.3, 0.4) is 0 Å². The number of rotatable bonds is 5. The van der Waals surface area contributed by atoms with E-state index in [2.05, 4.69) is 10.6 Å². The van der Waals surface area contributed by atoms with Crippen molar-refractivity contribution in [1.29, 1.82) is 0 Å². The number of anilines is 3. The summed E-state index contributed by atoms with van der Waals surface area (Å²) >= 11 is 18.0. The zero-order valence-corrected chi connectivity index (χ0v) is 25.2. The number of amides is 4. The van der Waals surface area contributed by atoms with E-state index in [1.807, 2.05) is 0 Å². The minimum Gasteiger partial charge on any atom is -0.443 e. The van der Waals surface area contributed by atoms with Crippen LogP contribution in [-0.2, 0) is 14.3 Å². The summed E-state index contributed by atoms with van der Waals surface area (Å²) in [6.45, 7) is 9.13. The normalized spacial score (nSPS) is 15.9. The number of nitrogens with zero attached hydrogens (tertiary/aromatic N) is 1. The Kier molecular flexibility index (Phi) is 9.17. The number of carbonyl (C=O) groups excluding carboxylic acids is 4. The molecule has 0 radical (unpaired) electrons. The van der Waals surface area contributed by atoms with Gasteiger partial charge in [0.05, 0.1) is 27.9 Å². The molecule has 0 saturated heterocycles. The molecular formula is C27H28Cl3F2N3O6. The Morgan fingerprint density at radius 3 is 1.93 bits per heavy atom. The minimum absolute atomic E-state index is 0.0468. The fraction of sp³-hybridized carbons (Fsp3) is 0.407. The molecule has 1 aliphatic rings. The first-order valence-electron chi connectivity index (χ1n) is 12.2. The van der Waals surface area contributed by atoms with Crippen molar-refractivity contribution < 1.29 is 37.4 Å². The third kappa shape index (κ3) is 8.43. The lowest BCUT2D eigenvalue weighted by molar-refractivity contribution is -0.117. The molecule has 0 bridgehead atoms. The van der Waals surface area contributed by atoms with Crippen LogP contribution in [0.4, 0.5) is 35.4 Å². The van der Waals surface area contributed by atoms with Crippen LogP contribution in [-0.4, -0.2) is 39.5 Å². The molecule has 0 aromatic heterocycles. The quantitative estimate of drug-likeness (QED) is 0.326. The van der Waals surface area contributed by atoms with Crippen LogP contribution in [0.2, 0.25) is 5.02 Å². The van der Waals surface area contributed by atoms with E-state index in [-0.39, 0.29) is 27.6 Å². The highest BCUT2D eigenvalue weighted by atomic mass is 35.5. The fourth-order valence-corrected chi connectivity index (χ4v) is 4.09. The summed E-state index contributed by atoms with van der Waals surface area (Å²) in [5.74, 6) is -4.48. The fourth-order valence-electron chi connectivity index (χ4n) is 3.38. The van der Waals surface area contributed by atoms with Crippen LogP contribution in [0.25, 0.3) is 0 Å². The first kappa shape index (κ1) is 32.4. The van der Waals surface area contributed by atoms with E-state index in [0.29, 0.717) is 12.1 Å². The average molecular weight is 635 g/mol. The second-order valence-corrected chi connectivity index (χ2v) is 13.2. The van der Waals surface area contributed by atoms with E-state index < -0.39 is 68.5 Å². The van der Waals surface area contributed by atoms with E-state index in [9.17, 15) is 19.2 Å². The average Bonchev–Trinajstić information content (AvgIpc) is 3.44. The number of ether oxygens (including phenoxy) is 2. The van der Waals surface area contributed by atoms with Crippen LogP contribution >= 0.6 is 34.8 Å². The summed E-state index contributed by atoms with van der Waals surface area (Å²) in [7, 11) is 0. The molecule has 4 amide bonds. The van der Waals surface area contributed by atoms with E-state index in [1.165, 1.54) is 59.7 Å². The lowest BCUT2D eigenvalue weighted by Gasteiger charge is -2.29. The lowest BCUT2D eigenvalue weighted by Crippen LogP contribution is -2.44. The number of alkyl halides is 2. The number of carbonyl (C=O) groups is 4. The van der Waals surface area contributed by atoms with Crippen molar-refractivity contribution in [3.8, 4) is 0 Å². The molecule has 0 unspecified atom stereocenters. The summed E-state index contributed by atoms with van der Waals surface area (Å²) in [5.41, 5.74) is -3.57. The zero-order valence-electron chi connectivity index (χ0n) is 23.0. The Balaban J connectivity index is 1.88. The first-order valence-corrected chi connectivity index (χ1v) is 13.4. The van der Waals surface area contributed by atoms with Gasteiger partial charge in [0.15, 0.2) is 0 Å². The first-order chi connectivity index (χ1) is 18.7. The molecule has 0 aliphatic heterocycles. The Hall–Kier alpha value is -3.15. The second kappa shape index (κ2) is 11.6.